The average molecular weight is 359 g/mol. The lowest BCUT2D eigenvalue weighted by atomic mass is 9.99. The van der Waals surface area contributed by atoms with E-state index in [1.807, 2.05) is 12.1 Å². The van der Waals surface area contributed by atoms with Crippen molar-refractivity contribution in [3.8, 4) is 0 Å². The molecule has 1 aromatic rings. The predicted molar refractivity (Wildman–Crippen MR) is 101 cm³/mol. The number of amides is 2. The molecule has 2 saturated heterocycles. The van der Waals surface area contributed by atoms with E-state index in [4.69, 9.17) is 4.74 Å². The van der Waals surface area contributed by atoms with Crippen molar-refractivity contribution in [2.45, 2.75) is 45.2 Å². The third kappa shape index (κ3) is 5.29. The Morgan fingerprint density at radius 2 is 1.81 bits per heavy atom. The van der Waals surface area contributed by atoms with E-state index in [1.54, 1.807) is 6.92 Å². The zero-order valence-electron chi connectivity index (χ0n) is 15.5. The second kappa shape index (κ2) is 9.14. The normalized spacial score (nSPS) is 19.9. The van der Waals surface area contributed by atoms with Crippen LogP contribution in [0.1, 0.15) is 38.2 Å². The van der Waals surface area contributed by atoms with E-state index >= 15 is 0 Å². The van der Waals surface area contributed by atoms with Gasteiger partial charge in [0.05, 0.1) is 0 Å². The number of benzene rings is 1. The number of nitrogens with one attached hydrogen (secondary N) is 2. The molecule has 0 unspecified atom stereocenters. The summed E-state index contributed by atoms with van der Waals surface area (Å²) in [5.41, 5.74) is 2.01. The first-order valence-corrected chi connectivity index (χ1v) is 9.62. The summed E-state index contributed by atoms with van der Waals surface area (Å²) in [5.74, 6) is -0.307. The highest BCUT2D eigenvalue weighted by atomic mass is 16.5. The topological polar surface area (TPSA) is 70.7 Å². The molecule has 0 radical (unpaired) electrons. The summed E-state index contributed by atoms with van der Waals surface area (Å²) in [5, 5.41) is 5.69. The molecule has 2 fully saturated rings. The molecule has 0 bridgehead atoms. The first-order chi connectivity index (χ1) is 12.6. The number of hydrogen-bond donors (Lipinski definition) is 2. The summed E-state index contributed by atoms with van der Waals surface area (Å²) in [6, 6.07) is 7.40. The number of likely N-dealkylation sites (tertiary alicyclic amines) is 1. The van der Waals surface area contributed by atoms with Crippen molar-refractivity contribution in [1.82, 2.24) is 10.2 Å². The van der Waals surface area contributed by atoms with Crippen molar-refractivity contribution in [3.63, 3.8) is 0 Å². The Labute approximate surface area is 155 Å². The largest absolute Gasteiger partial charge is 0.381 e. The highest BCUT2D eigenvalue weighted by Crippen LogP contribution is 2.16. The fourth-order valence-corrected chi connectivity index (χ4v) is 3.50. The summed E-state index contributed by atoms with van der Waals surface area (Å²) >= 11 is 0. The molecule has 2 amide bonds. The third-order valence-corrected chi connectivity index (χ3v) is 5.17. The van der Waals surface area contributed by atoms with Gasteiger partial charge in [-0.2, -0.15) is 0 Å². The average Bonchev–Trinajstić information content (AvgIpc) is 3.17. The van der Waals surface area contributed by atoms with E-state index in [1.165, 1.54) is 31.5 Å². The maximum Gasteiger partial charge on any atom is 0.246 e. The molecule has 2 aliphatic heterocycles. The van der Waals surface area contributed by atoms with Crippen molar-refractivity contribution >= 4 is 17.5 Å². The fourth-order valence-electron chi connectivity index (χ4n) is 3.50. The summed E-state index contributed by atoms with van der Waals surface area (Å²) in [6.45, 7) is 6.25. The molecule has 1 atom stereocenters. The van der Waals surface area contributed by atoms with Gasteiger partial charge in [-0.15, -0.1) is 0 Å². The second-order valence-corrected chi connectivity index (χ2v) is 7.29. The van der Waals surface area contributed by atoms with Crippen LogP contribution in [0.5, 0.6) is 0 Å². The van der Waals surface area contributed by atoms with Gasteiger partial charge in [0.25, 0.3) is 0 Å². The first-order valence-electron chi connectivity index (χ1n) is 9.62. The van der Waals surface area contributed by atoms with E-state index in [0.717, 1.165) is 25.1 Å². The fraction of sp³-hybridized carbons (Fsp3) is 0.600. The van der Waals surface area contributed by atoms with E-state index < -0.39 is 6.04 Å². The van der Waals surface area contributed by atoms with Crippen LogP contribution >= 0.6 is 0 Å². The Morgan fingerprint density at radius 3 is 2.46 bits per heavy atom. The Morgan fingerprint density at radius 1 is 1.15 bits per heavy atom. The van der Waals surface area contributed by atoms with Crippen LogP contribution in [0.25, 0.3) is 0 Å². The highest BCUT2D eigenvalue weighted by Gasteiger charge is 2.24. The summed E-state index contributed by atoms with van der Waals surface area (Å²) < 4.78 is 5.27. The Hall–Kier alpha value is -1.92. The van der Waals surface area contributed by atoms with E-state index in [0.29, 0.717) is 13.2 Å². The van der Waals surface area contributed by atoms with E-state index in [2.05, 4.69) is 27.7 Å². The quantitative estimate of drug-likeness (QED) is 0.816. The number of rotatable bonds is 6. The minimum absolute atomic E-state index is 0.0520. The molecule has 26 heavy (non-hydrogen) atoms. The lowest BCUT2D eigenvalue weighted by Gasteiger charge is -2.23. The van der Waals surface area contributed by atoms with Crippen LogP contribution in [0.4, 0.5) is 5.69 Å². The van der Waals surface area contributed by atoms with Gasteiger partial charge in [0.2, 0.25) is 11.8 Å². The standard InChI is InChI=1S/C20H29N3O3/c1-15(21-20(25)17-8-12-26-13-9-17)19(24)22-18-6-4-16(5-7-18)14-23-10-2-3-11-23/h4-7,15,17H,2-3,8-14H2,1H3,(H,21,25)(H,22,24)/t15-/m1/s1. The number of carbonyl (C=O) groups is 2. The first kappa shape index (κ1) is 18.9. The van der Waals surface area contributed by atoms with Crippen molar-refractivity contribution in [1.29, 1.82) is 0 Å². The van der Waals surface area contributed by atoms with Crippen LogP contribution < -0.4 is 10.6 Å². The molecule has 0 aromatic heterocycles. The van der Waals surface area contributed by atoms with E-state index in [-0.39, 0.29) is 17.7 Å². The van der Waals surface area contributed by atoms with Gasteiger partial charge < -0.3 is 15.4 Å². The molecule has 142 valence electrons. The summed E-state index contributed by atoms with van der Waals surface area (Å²) in [7, 11) is 0. The molecule has 2 heterocycles. The Kier molecular flexibility index (Phi) is 6.63. The van der Waals surface area contributed by atoms with Gasteiger partial charge in [-0.05, 0) is 63.4 Å². The third-order valence-electron chi connectivity index (χ3n) is 5.17. The van der Waals surface area contributed by atoms with Crippen LogP contribution in [0.15, 0.2) is 24.3 Å². The molecule has 3 rings (SSSR count). The van der Waals surface area contributed by atoms with E-state index in [9.17, 15) is 9.59 Å². The molecule has 1 aromatic carbocycles. The summed E-state index contributed by atoms with van der Waals surface area (Å²) in [6.07, 6.45) is 4.01. The van der Waals surface area contributed by atoms with Crippen LogP contribution in [-0.2, 0) is 20.9 Å². The maximum atomic E-state index is 12.3. The van der Waals surface area contributed by atoms with Crippen molar-refractivity contribution in [3.05, 3.63) is 29.8 Å². The molecule has 6 nitrogen and oxygen atoms in total. The van der Waals surface area contributed by atoms with Gasteiger partial charge >= 0.3 is 0 Å². The number of hydrogen-bond acceptors (Lipinski definition) is 4. The Balaban J connectivity index is 1.46. The van der Waals surface area contributed by atoms with Crippen molar-refractivity contribution in [2.75, 3.05) is 31.6 Å². The number of carbonyl (C=O) groups excluding carboxylic acids is 2. The van der Waals surface area contributed by atoms with Crippen molar-refractivity contribution < 1.29 is 14.3 Å². The van der Waals surface area contributed by atoms with Gasteiger partial charge in [-0.25, -0.2) is 0 Å². The van der Waals surface area contributed by atoms with Crippen molar-refractivity contribution in [2.24, 2.45) is 5.92 Å². The van der Waals surface area contributed by atoms with Gasteiger partial charge in [0, 0.05) is 31.4 Å². The minimum atomic E-state index is -0.561. The molecule has 0 saturated carbocycles. The number of anilines is 1. The molecular formula is C20H29N3O3. The predicted octanol–water partition coefficient (Wildman–Crippen LogP) is 2.15. The highest BCUT2D eigenvalue weighted by molar-refractivity contribution is 5.97. The van der Waals surface area contributed by atoms with Gasteiger partial charge in [0.15, 0.2) is 0 Å². The zero-order valence-corrected chi connectivity index (χ0v) is 15.5. The SMILES string of the molecule is C[C@@H](NC(=O)C1CCOCC1)C(=O)Nc1ccc(CN2CCCC2)cc1. The Bertz CT molecular complexity index is 605. The summed E-state index contributed by atoms with van der Waals surface area (Å²) in [4.78, 5) is 27.0. The lowest BCUT2D eigenvalue weighted by molar-refractivity contribution is -0.131. The minimum Gasteiger partial charge on any atom is -0.381 e. The molecule has 2 aliphatic rings. The monoisotopic (exact) mass is 359 g/mol. The van der Waals surface area contributed by atoms with Crippen LogP contribution in [-0.4, -0.2) is 49.1 Å². The number of nitrogens with zero attached hydrogens (tertiary/aromatic N) is 1. The molecule has 6 heteroatoms. The molecular weight excluding hydrogens is 330 g/mol. The number of ether oxygens (including phenoxy) is 1. The van der Waals surface area contributed by atoms with Crippen LogP contribution in [0.2, 0.25) is 0 Å². The molecule has 0 aliphatic carbocycles. The molecule has 2 N–H and O–H groups in total. The van der Waals surface area contributed by atoms with Crippen LogP contribution in [0.3, 0.4) is 0 Å². The maximum absolute atomic E-state index is 12.3. The molecule has 0 spiro atoms. The van der Waals surface area contributed by atoms with Gasteiger partial charge in [-0.3, -0.25) is 14.5 Å². The second-order valence-electron chi connectivity index (χ2n) is 7.29. The smallest absolute Gasteiger partial charge is 0.246 e. The van der Waals surface area contributed by atoms with Crippen LogP contribution in [0, 0.1) is 5.92 Å². The lowest BCUT2D eigenvalue weighted by Crippen LogP contribution is -2.45. The van der Waals surface area contributed by atoms with Gasteiger partial charge in [0.1, 0.15) is 6.04 Å². The van der Waals surface area contributed by atoms with Gasteiger partial charge in [-0.1, -0.05) is 12.1 Å². The zero-order chi connectivity index (χ0) is 18.4.